The molecular formula is C10H15N3O2. The van der Waals surface area contributed by atoms with E-state index in [9.17, 15) is 4.79 Å². The minimum atomic E-state index is 0.0259. The average molecular weight is 209 g/mol. The number of aromatic nitrogens is 1. The third-order valence-electron chi connectivity index (χ3n) is 2.51. The summed E-state index contributed by atoms with van der Waals surface area (Å²) in [6.07, 6.45) is 1.77. The van der Waals surface area contributed by atoms with E-state index in [4.69, 9.17) is 10.5 Å². The lowest BCUT2D eigenvalue weighted by Crippen LogP contribution is -2.40. The molecule has 2 rings (SSSR count). The van der Waals surface area contributed by atoms with Crippen molar-refractivity contribution in [3.63, 3.8) is 0 Å². The monoisotopic (exact) mass is 209 g/mol. The fourth-order valence-electron chi connectivity index (χ4n) is 1.62. The molecule has 1 aromatic rings. The Hall–Kier alpha value is -1.33. The number of aromatic amines is 1. The van der Waals surface area contributed by atoms with Crippen LogP contribution in [0.4, 0.5) is 0 Å². The Kier molecular flexibility index (Phi) is 3.03. The van der Waals surface area contributed by atoms with E-state index in [1.54, 1.807) is 17.2 Å². The average Bonchev–Trinajstić information content (AvgIpc) is 2.78. The number of nitrogens with two attached hydrogens (primary N) is 1. The number of rotatable bonds is 2. The molecule has 15 heavy (non-hydrogen) atoms. The van der Waals surface area contributed by atoms with Crippen molar-refractivity contribution in [3.8, 4) is 0 Å². The van der Waals surface area contributed by atoms with Gasteiger partial charge in [0.25, 0.3) is 5.91 Å². The number of nitrogens with one attached hydrogen (secondary N) is 1. The molecule has 0 atom stereocenters. The molecule has 3 N–H and O–H groups in total. The summed E-state index contributed by atoms with van der Waals surface area (Å²) >= 11 is 0. The zero-order chi connectivity index (χ0) is 10.7. The van der Waals surface area contributed by atoms with Gasteiger partial charge in [-0.2, -0.15) is 0 Å². The van der Waals surface area contributed by atoms with Crippen molar-refractivity contribution in [2.75, 3.05) is 26.3 Å². The summed E-state index contributed by atoms with van der Waals surface area (Å²) in [6.45, 7) is 3.02. The molecule has 0 bridgehead atoms. The summed E-state index contributed by atoms with van der Waals surface area (Å²) in [5.74, 6) is 0.0259. The number of H-pyrrole nitrogens is 1. The first kappa shape index (κ1) is 10.2. The van der Waals surface area contributed by atoms with Gasteiger partial charge in [0.1, 0.15) is 5.69 Å². The van der Waals surface area contributed by atoms with E-state index in [-0.39, 0.29) is 5.91 Å². The lowest BCUT2D eigenvalue weighted by molar-refractivity contribution is 0.0299. The summed E-state index contributed by atoms with van der Waals surface area (Å²) in [7, 11) is 0. The van der Waals surface area contributed by atoms with Crippen LogP contribution in [0.1, 0.15) is 16.1 Å². The van der Waals surface area contributed by atoms with E-state index in [0.717, 1.165) is 5.56 Å². The smallest absolute Gasteiger partial charge is 0.270 e. The number of ether oxygens (including phenoxy) is 1. The SMILES string of the molecule is NCc1c[nH]c(C(=O)N2CCOCC2)c1. The molecule has 1 aromatic heterocycles. The summed E-state index contributed by atoms with van der Waals surface area (Å²) in [5, 5.41) is 0. The Morgan fingerprint density at radius 3 is 2.87 bits per heavy atom. The van der Waals surface area contributed by atoms with Gasteiger partial charge in [-0.3, -0.25) is 4.79 Å². The van der Waals surface area contributed by atoms with Gasteiger partial charge in [0, 0.05) is 25.8 Å². The molecule has 0 saturated carbocycles. The summed E-state index contributed by atoms with van der Waals surface area (Å²) in [5.41, 5.74) is 7.04. The molecule has 5 nitrogen and oxygen atoms in total. The highest BCUT2D eigenvalue weighted by Gasteiger charge is 2.19. The highest BCUT2D eigenvalue weighted by molar-refractivity contribution is 5.92. The fraction of sp³-hybridized carbons (Fsp3) is 0.500. The predicted octanol–water partition coefficient (Wildman–Crippen LogP) is -0.0542. The zero-order valence-corrected chi connectivity index (χ0v) is 8.53. The Morgan fingerprint density at radius 1 is 1.53 bits per heavy atom. The van der Waals surface area contributed by atoms with Gasteiger partial charge in [0.15, 0.2) is 0 Å². The molecule has 0 spiro atoms. The van der Waals surface area contributed by atoms with Crippen molar-refractivity contribution in [2.45, 2.75) is 6.54 Å². The second kappa shape index (κ2) is 4.46. The molecule has 82 valence electrons. The third-order valence-corrected chi connectivity index (χ3v) is 2.51. The van der Waals surface area contributed by atoms with Gasteiger partial charge < -0.3 is 20.4 Å². The van der Waals surface area contributed by atoms with Gasteiger partial charge in [-0.1, -0.05) is 0 Å². The van der Waals surface area contributed by atoms with Gasteiger partial charge in [-0.05, 0) is 11.6 Å². The molecule has 1 saturated heterocycles. The maximum absolute atomic E-state index is 11.9. The van der Waals surface area contributed by atoms with Crippen LogP contribution in [0.15, 0.2) is 12.3 Å². The van der Waals surface area contributed by atoms with E-state index in [1.807, 2.05) is 0 Å². The second-order valence-electron chi connectivity index (χ2n) is 3.53. The minimum Gasteiger partial charge on any atom is -0.378 e. The molecule has 1 aliphatic heterocycles. The third kappa shape index (κ3) is 2.19. The van der Waals surface area contributed by atoms with Crippen molar-refractivity contribution in [3.05, 3.63) is 23.5 Å². The van der Waals surface area contributed by atoms with Crippen LogP contribution >= 0.6 is 0 Å². The maximum atomic E-state index is 11.9. The first-order valence-corrected chi connectivity index (χ1v) is 5.05. The maximum Gasteiger partial charge on any atom is 0.270 e. The van der Waals surface area contributed by atoms with Crippen molar-refractivity contribution in [2.24, 2.45) is 5.73 Å². The highest BCUT2D eigenvalue weighted by atomic mass is 16.5. The van der Waals surface area contributed by atoms with Crippen molar-refractivity contribution in [1.82, 2.24) is 9.88 Å². The molecule has 1 aliphatic rings. The number of hydrogen-bond acceptors (Lipinski definition) is 3. The predicted molar refractivity (Wildman–Crippen MR) is 55.4 cm³/mol. The molecule has 0 unspecified atom stereocenters. The summed E-state index contributed by atoms with van der Waals surface area (Å²) in [4.78, 5) is 16.7. The number of carbonyl (C=O) groups is 1. The Morgan fingerprint density at radius 2 is 2.27 bits per heavy atom. The highest BCUT2D eigenvalue weighted by Crippen LogP contribution is 2.08. The molecule has 5 heteroatoms. The topological polar surface area (TPSA) is 71.4 Å². The molecule has 0 aromatic carbocycles. The number of amides is 1. The first-order chi connectivity index (χ1) is 7.31. The lowest BCUT2D eigenvalue weighted by atomic mass is 10.3. The van der Waals surface area contributed by atoms with Crippen LogP contribution in [-0.2, 0) is 11.3 Å². The lowest BCUT2D eigenvalue weighted by Gasteiger charge is -2.26. The Labute approximate surface area is 88.2 Å². The summed E-state index contributed by atoms with van der Waals surface area (Å²) < 4.78 is 5.19. The standard InChI is InChI=1S/C10H15N3O2/c11-6-8-5-9(12-7-8)10(14)13-1-3-15-4-2-13/h5,7,12H,1-4,6,11H2. The number of morpholine rings is 1. The first-order valence-electron chi connectivity index (χ1n) is 5.05. The van der Waals surface area contributed by atoms with E-state index in [2.05, 4.69) is 4.98 Å². The minimum absolute atomic E-state index is 0.0259. The van der Waals surface area contributed by atoms with E-state index >= 15 is 0 Å². The van der Waals surface area contributed by atoms with Gasteiger partial charge >= 0.3 is 0 Å². The fourth-order valence-corrected chi connectivity index (χ4v) is 1.62. The van der Waals surface area contributed by atoms with Crippen LogP contribution < -0.4 is 5.73 Å². The van der Waals surface area contributed by atoms with Crippen LogP contribution in [0.5, 0.6) is 0 Å². The zero-order valence-electron chi connectivity index (χ0n) is 8.53. The van der Waals surface area contributed by atoms with Gasteiger partial charge in [0.2, 0.25) is 0 Å². The molecule has 0 aliphatic carbocycles. The van der Waals surface area contributed by atoms with Crippen LogP contribution in [-0.4, -0.2) is 42.1 Å². The Balaban J connectivity index is 2.05. The number of carbonyl (C=O) groups excluding carboxylic acids is 1. The normalized spacial score (nSPS) is 16.7. The molecular weight excluding hydrogens is 194 g/mol. The van der Waals surface area contributed by atoms with E-state index in [1.165, 1.54) is 0 Å². The molecule has 1 amide bonds. The Bertz CT molecular complexity index is 342. The number of nitrogens with zero attached hydrogens (tertiary/aromatic N) is 1. The van der Waals surface area contributed by atoms with Crippen LogP contribution in [0.3, 0.4) is 0 Å². The van der Waals surface area contributed by atoms with Gasteiger partial charge in [0.05, 0.1) is 13.2 Å². The van der Waals surface area contributed by atoms with E-state index in [0.29, 0.717) is 38.5 Å². The largest absolute Gasteiger partial charge is 0.378 e. The van der Waals surface area contributed by atoms with Crippen molar-refractivity contribution < 1.29 is 9.53 Å². The molecule has 2 heterocycles. The molecule has 1 fully saturated rings. The van der Waals surface area contributed by atoms with Gasteiger partial charge in [-0.15, -0.1) is 0 Å². The molecule has 0 radical (unpaired) electrons. The number of hydrogen-bond donors (Lipinski definition) is 2. The van der Waals surface area contributed by atoms with E-state index < -0.39 is 0 Å². The second-order valence-corrected chi connectivity index (χ2v) is 3.53. The summed E-state index contributed by atoms with van der Waals surface area (Å²) in [6, 6.07) is 1.80. The van der Waals surface area contributed by atoms with Crippen molar-refractivity contribution in [1.29, 1.82) is 0 Å². The van der Waals surface area contributed by atoms with Crippen LogP contribution in [0.2, 0.25) is 0 Å². The van der Waals surface area contributed by atoms with Crippen LogP contribution in [0, 0.1) is 0 Å². The van der Waals surface area contributed by atoms with Gasteiger partial charge in [-0.25, -0.2) is 0 Å². The van der Waals surface area contributed by atoms with Crippen molar-refractivity contribution >= 4 is 5.91 Å². The quantitative estimate of drug-likeness (QED) is 0.717. The van der Waals surface area contributed by atoms with Crippen LogP contribution in [0.25, 0.3) is 0 Å².